The number of nitrogens with one attached hydrogen (secondary N) is 1. The molecule has 58 valence electrons. The van der Waals surface area contributed by atoms with E-state index < -0.39 is 6.09 Å². The van der Waals surface area contributed by atoms with Crippen LogP contribution in [0.25, 0.3) is 0 Å². The molecule has 0 atom stereocenters. The lowest BCUT2D eigenvalue weighted by Crippen LogP contribution is -2.21. The number of hydrogen-bond acceptors (Lipinski definition) is 4. The Balaban J connectivity index is 3.25. The first-order valence-corrected chi connectivity index (χ1v) is 4.12. The second-order valence-electron chi connectivity index (χ2n) is 1.35. The van der Waals surface area contributed by atoms with E-state index in [1.54, 1.807) is 6.92 Å². The van der Waals surface area contributed by atoms with Crippen molar-refractivity contribution in [1.82, 2.24) is 5.32 Å². The van der Waals surface area contributed by atoms with Gasteiger partial charge in [-0.2, -0.15) is 0 Å². The van der Waals surface area contributed by atoms with Gasteiger partial charge in [0, 0.05) is 6.21 Å². The molecule has 0 unspecified atom stereocenters. The second-order valence-corrected chi connectivity index (χ2v) is 2.22. The molecule has 0 aliphatic carbocycles. The van der Waals surface area contributed by atoms with Gasteiger partial charge in [-0.3, -0.25) is 4.84 Å². The fourth-order valence-corrected chi connectivity index (χ4v) is 0.526. The Labute approximate surface area is 64.0 Å². The summed E-state index contributed by atoms with van der Waals surface area (Å²) in [6.45, 7) is 1.67. The van der Waals surface area contributed by atoms with E-state index in [2.05, 4.69) is 15.3 Å². The molecular weight excluding hydrogens is 152 g/mol. The SMILES string of the molecule is CC=NOC(=O)NCSC. The summed E-state index contributed by atoms with van der Waals surface area (Å²) in [6, 6.07) is 0. The standard InChI is InChI=1S/C5H10N2O2S/c1-3-7-9-5(8)6-4-10-2/h3H,4H2,1-2H3,(H,6,8). The van der Waals surface area contributed by atoms with Crippen LogP contribution in [0, 0.1) is 0 Å². The number of hydrogen-bond donors (Lipinski definition) is 1. The van der Waals surface area contributed by atoms with Crippen molar-refractivity contribution in [3.05, 3.63) is 0 Å². The Morgan fingerprint density at radius 3 is 3.10 bits per heavy atom. The molecule has 0 saturated heterocycles. The lowest BCUT2D eigenvalue weighted by Gasteiger charge is -1.97. The molecule has 0 aromatic rings. The van der Waals surface area contributed by atoms with Gasteiger partial charge in [0.25, 0.3) is 0 Å². The highest BCUT2D eigenvalue weighted by Crippen LogP contribution is 1.86. The Kier molecular flexibility index (Phi) is 5.96. The summed E-state index contributed by atoms with van der Waals surface area (Å²) in [5.41, 5.74) is 0. The van der Waals surface area contributed by atoms with E-state index in [1.165, 1.54) is 18.0 Å². The minimum Gasteiger partial charge on any atom is -0.311 e. The lowest BCUT2D eigenvalue weighted by molar-refractivity contribution is 0.153. The second kappa shape index (κ2) is 6.41. The van der Waals surface area contributed by atoms with Crippen LogP contribution >= 0.6 is 11.8 Å². The van der Waals surface area contributed by atoms with Crippen molar-refractivity contribution in [3.8, 4) is 0 Å². The first kappa shape index (κ1) is 9.29. The summed E-state index contributed by atoms with van der Waals surface area (Å²) in [6.07, 6.45) is 2.76. The van der Waals surface area contributed by atoms with Crippen LogP contribution in [0.4, 0.5) is 4.79 Å². The van der Waals surface area contributed by atoms with Gasteiger partial charge in [0.1, 0.15) is 0 Å². The van der Waals surface area contributed by atoms with Gasteiger partial charge < -0.3 is 5.32 Å². The van der Waals surface area contributed by atoms with E-state index in [0.29, 0.717) is 5.88 Å². The molecule has 1 amide bonds. The smallest absolute Gasteiger partial charge is 0.311 e. The Morgan fingerprint density at radius 2 is 2.60 bits per heavy atom. The van der Waals surface area contributed by atoms with Crippen LogP contribution in [0.2, 0.25) is 0 Å². The van der Waals surface area contributed by atoms with Crippen LogP contribution in [0.5, 0.6) is 0 Å². The van der Waals surface area contributed by atoms with E-state index in [1.807, 2.05) is 6.26 Å². The summed E-state index contributed by atoms with van der Waals surface area (Å²) in [5, 5.41) is 5.73. The van der Waals surface area contributed by atoms with Gasteiger partial charge in [0.2, 0.25) is 0 Å². The number of carbonyl (C=O) groups is 1. The predicted octanol–water partition coefficient (Wildman–Crippen LogP) is 1.04. The van der Waals surface area contributed by atoms with E-state index >= 15 is 0 Å². The topological polar surface area (TPSA) is 50.7 Å². The highest BCUT2D eigenvalue weighted by Gasteiger charge is 1.96. The highest BCUT2D eigenvalue weighted by atomic mass is 32.2. The zero-order valence-corrected chi connectivity index (χ0v) is 6.77. The lowest BCUT2D eigenvalue weighted by atomic mass is 10.9. The van der Waals surface area contributed by atoms with Crippen LogP contribution in [0.3, 0.4) is 0 Å². The van der Waals surface area contributed by atoms with E-state index in [9.17, 15) is 4.79 Å². The monoisotopic (exact) mass is 162 g/mol. The Hall–Kier alpha value is -0.710. The molecule has 10 heavy (non-hydrogen) atoms. The molecule has 0 radical (unpaired) electrons. The van der Waals surface area contributed by atoms with Crippen LogP contribution in [-0.2, 0) is 4.84 Å². The third-order valence-corrected chi connectivity index (χ3v) is 1.03. The van der Waals surface area contributed by atoms with Gasteiger partial charge in [-0.25, -0.2) is 4.79 Å². The largest absolute Gasteiger partial charge is 0.433 e. The maximum absolute atomic E-state index is 10.5. The maximum atomic E-state index is 10.5. The molecule has 0 aliphatic rings. The van der Waals surface area contributed by atoms with Crippen LogP contribution in [-0.4, -0.2) is 24.4 Å². The quantitative estimate of drug-likeness (QED) is 0.292. The van der Waals surface area contributed by atoms with Crippen LogP contribution in [0.1, 0.15) is 6.92 Å². The van der Waals surface area contributed by atoms with Gasteiger partial charge in [-0.1, -0.05) is 5.16 Å². The zero-order chi connectivity index (χ0) is 7.82. The van der Waals surface area contributed by atoms with Gasteiger partial charge in [0.05, 0.1) is 5.88 Å². The molecule has 0 heterocycles. The first-order chi connectivity index (χ1) is 4.81. The van der Waals surface area contributed by atoms with Crippen molar-refractivity contribution in [1.29, 1.82) is 0 Å². The molecule has 1 N–H and O–H groups in total. The molecule has 0 aliphatic heterocycles. The molecule has 4 nitrogen and oxygen atoms in total. The van der Waals surface area contributed by atoms with Gasteiger partial charge in [-0.05, 0) is 13.2 Å². The Morgan fingerprint density at radius 1 is 1.90 bits per heavy atom. The number of rotatable bonds is 3. The summed E-state index contributed by atoms with van der Waals surface area (Å²) in [5.74, 6) is 0.540. The minimum absolute atomic E-state index is 0.521. The maximum Gasteiger partial charge on any atom is 0.433 e. The minimum atomic E-state index is -0.521. The van der Waals surface area contributed by atoms with Gasteiger partial charge >= 0.3 is 6.09 Å². The van der Waals surface area contributed by atoms with Crippen molar-refractivity contribution in [2.75, 3.05) is 12.1 Å². The summed E-state index contributed by atoms with van der Waals surface area (Å²) >= 11 is 1.50. The molecular formula is C5H10N2O2S. The number of amides is 1. The molecule has 0 saturated carbocycles. The molecule has 0 aromatic heterocycles. The van der Waals surface area contributed by atoms with Crippen molar-refractivity contribution in [3.63, 3.8) is 0 Å². The molecule has 0 aromatic carbocycles. The van der Waals surface area contributed by atoms with Crippen molar-refractivity contribution < 1.29 is 9.63 Å². The van der Waals surface area contributed by atoms with Crippen molar-refractivity contribution in [2.45, 2.75) is 6.92 Å². The fourth-order valence-electron chi connectivity index (χ4n) is 0.264. The third-order valence-electron chi connectivity index (χ3n) is 0.602. The zero-order valence-electron chi connectivity index (χ0n) is 5.96. The number of oxime groups is 1. The Bertz CT molecular complexity index is 127. The fraction of sp³-hybridized carbons (Fsp3) is 0.600. The van der Waals surface area contributed by atoms with Gasteiger partial charge in [-0.15, -0.1) is 11.8 Å². The summed E-state index contributed by atoms with van der Waals surface area (Å²) in [4.78, 5) is 14.8. The number of carbonyl (C=O) groups excluding carboxylic acids is 1. The van der Waals surface area contributed by atoms with E-state index in [0.717, 1.165) is 0 Å². The normalized spacial score (nSPS) is 9.80. The van der Waals surface area contributed by atoms with Crippen LogP contribution in [0.15, 0.2) is 5.16 Å². The van der Waals surface area contributed by atoms with E-state index in [-0.39, 0.29) is 0 Å². The van der Waals surface area contributed by atoms with Crippen molar-refractivity contribution >= 4 is 24.1 Å². The molecule has 0 fully saturated rings. The predicted molar refractivity (Wildman–Crippen MR) is 42.2 cm³/mol. The van der Waals surface area contributed by atoms with Crippen LogP contribution < -0.4 is 5.32 Å². The molecule has 0 rings (SSSR count). The van der Waals surface area contributed by atoms with Crippen molar-refractivity contribution in [2.24, 2.45) is 5.16 Å². The molecule has 5 heteroatoms. The highest BCUT2D eigenvalue weighted by molar-refractivity contribution is 7.98. The molecule has 0 spiro atoms. The van der Waals surface area contributed by atoms with Gasteiger partial charge in [0.15, 0.2) is 0 Å². The number of nitrogens with zero attached hydrogens (tertiary/aromatic N) is 1. The van der Waals surface area contributed by atoms with E-state index in [4.69, 9.17) is 0 Å². The third kappa shape index (κ3) is 5.43. The average Bonchev–Trinajstić information content (AvgIpc) is 1.97. The average molecular weight is 162 g/mol. The summed E-state index contributed by atoms with van der Waals surface area (Å²) in [7, 11) is 0. The summed E-state index contributed by atoms with van der Waals surface area (Å²) < 4.78 is 0. The number of thioether (sulfide) groups is 1. The molecule has 0 bridgehead atoms. The first-order valence-electron chi connectivity index (χ1n) is 2.73.